The van der Waals surface area contributed by atoms with Crippen LogP contribution in [0, 0.1) is 13.8 Å². The van der Waals surface area contributed by atoms with Crippen molar-refractivity contribution in [2.24, 2.45) is 0 Å². The highest BCUT2D eigenvalue weighted by Gasteiger charge is 2.18. The lowest BCUT2D eigenvalue weighted by Crippen LogP contribution is -2.11. The Balaban J connectivity index is 2.54. The standard InChI is InChI=1S/C24H33N/c1-8-17(5)14-22-18(6)19(7)25-24(16(3)4)23(22)15-21-12-10-20(9-2)11-13-21/h10-13,16H,5,8-9,14-15H2,1-4,6-7H3. The van der Waals surface area contributed by atoms with E-state index in [4.69, 9.17) is 4.98 Å². The molecule has 0 aliphatic carbocycles. The van der Waals surface area contributed by atoms with Gasteiger partial charge in [-0.1, -0.05) is 64.1 Å². The van der Waals surface area contributed by atoms with Crippen molar-refractivity contribution in [1.29, 1.82) is 0 Å². The van der Waals surface area contributed by atoms with E-state index >= 15 is 0 Å². The van der Waals surface area contributed by atoms with Crippen LogP contribution in [0.2, 0.25) is 0 Å². The zero-order valence-corrected chi connectivity index (χ0v) is 16.9. The van der Waals surface area contributed by atoms with Crippen molar-refractivity contribution >= 4 is 0 Å². The fourth-order valence-electron chi connectivity index (χ4n) is 3.32. The van der Waals surface area contributed by atoms with Crippen LogP contribution in [0.1, 0.15) is 79.2 Å². The van der Waals surface area contributed by atoms with Gasteiger partial charge in [0.05, 0.1) is 0 Å². The lowest BCUT2D eigenvalue weighted by Gasteiger charge is -2.21. The van der Waals surface area contributed by atoms with Crippen molar-refractivity contribution in [3.05, 3.63) is 75.6 Å². The van der Waals surface area contributed by atoms with Gasteiger partial charge in [-0.25, -0.2) is 0 Å². The number of rotatable bonds is 7. The first-order valence-corrected chi connectivity index (χ1v) is 9.60. The van der Waals surface area contributed by atoms with Crippen molar-refractivity contribution < 1.29 is 0 Å². The summed E-state index contributed by atoms with van der Waals surface area (Å²) >= 11 is 0. The Bertz CT molecular complexity index is 736. The summed E-state index contributed by atoms with van der Waals surface area (Å²) in [4.78, 5) is 4.97. The first-order valence-electron chi connectivity index (χ1n) is 9.60. The molecule has 0 N–H and O–H groups in total. The van der Waals surface area contributed by atoms with Crippen LogP contribution in [0.3, 0.4) is 0 Å². The first-order chi connectivity index (χ1) is 11.9. The number of pyridine rings is 1. The maximum Gasteiger partial charge on any atom is 0.0470 e. The van der Waals surface area contributed by atoms with Gasteiger partial charge in [-0.05, 0) is 73.3 Å². The van der Waals surface area contributed by atoms with E-state index in [0.717, 1.165) is 31.4 Å². The van der Waals surface area contributed by atoms with E-state index in [-0.39, 0.29) is 0 Å². The van der Waals surface area contributed by atoms with Gasteiger partial charge in [0.2, 0.25) is 0 Å². The smallest absolute Gasteiger partial charge is 0.0470 e. The number of nitrogens with zero attached hydrogens (tertiary/aromatic N) is 1. The van der Waals surface area contributed by atoms with Gasteiger partial charge in [-0.15, -0.1) is 0 Å². The molecule has 1 aromatic heterocycles. The Morgan fingerprint density at radius 1 is 1.00 bits per heavy atom. The SMILES string of the molecule is C=C(CC)Cc1c(C)c(C)nc(C(C)C)c1Cc1ccc(CC)cc1. The van der Waals surface area contributed by atoms with E-state index < -0.39 is 0 Å². The minimum absolute atomic E-state index is 0.429. The summed E-state index contributed by atoms with van der Waals surface area (Å²) in [5, 5.41) is 0. The molecule has 0 saturated heterocycles. The maximum absolute atomic E-state index is 4.97. The van der Waals surface area contributed by atoms with Gasteiger partial charge in [0.15, 0.2) is 0 Å². The molecule has 0 aliphatic heterocycles. The molecule has 1 aromatic carbocycles. The fraction of sp³-hybridized carbons (Fsp3) is 0.458. The second-order valence-corrected chi connectivity index (χ2v) is 7.45. The summed E-state index contributed by atoms with van der Waals surface area (Å²) in [5.74, 6) is 0.429. The minimum atomic E-state index is 0.429. The zero-order chi connectivity index (χ0) is 18.6. The zero-order valence-electron chi connectivity index (χ0n) is 16.9. The molecule has 0 saturated carbocycles. The molecule has 0 atom stereocenters. The molecule has 0 radical (unpaired) electrons. The van der Waals surface area contributed by atoms with E-state index in [1.54, 1.807) is 0 Å². The van der Waals surface area contributed by atoms with Crippen LogP contribution in [-0.2, 0) is 19.3 Å². The predicted octanol–water partition coefficient (Wildman–Crippen LogP) is 6.48. The number of allylic oxidation sites excluding steroid dienone is 1. The molecule has 0 bridgehead atoms. The Labute approximate surface area is 154 Å². The van der Waals surface area contributed by atoms with Gasteiger partial charge < -0.3 is 0 Å². The van der Waals surface area contributed by atoms with Crippen molar-refractivity contribution in [2.45, 2.75) is 73.1 Å². The molecule has 0 spiro atoms. The second kappa shape index (κ2) is 8.47. The number of aryl methyl sites for hydroxylation is 2. The van der Waals surface area contributed by atoms with Gasteiger partial charge >= 0.3 is 0 Å². The summed E-state index contributed by atoms with van der Waals surface area (Å²) in [5.41, 5.74) is 10.7. The lowest BCUT2D eigenvalue weighted by atomic mass is 9.87. The van der Waals surface area contributed by atoms with Gasteiger partial charge in [0.25, 0.3) is 0 Å². The van der Waals surface area contributed by atoms with Crippen LogP contribution in [0.4, 0.5) is 0 Å². The number of benzene rings is 1. The van der Waals surface area contributed by atoms with Gasteiger partial charge in [0, 0.05) is 11.4 Å². The normalized spacial score (nSPS) is 11.2. The highest BCUT2D eigenvalue weighted by Crippen LogP contribution is 2.29. The van der Waals surface area contributed by atoms with Crippen LogP contribution in [-0.4, -0.2) is 4.98 Å². The average molecular weight is 336 g/mol. The van der Waals surface area contributed by atoms with E-state index in [0.29, 0.717) is 5.92 Å². The van der Waals surface area contributed by atoms with Gasteiger partial charge in [0.1, 0.15) is 0 Å². The highest BCUT2D eigenvalue weighted by molar-refractivity contribution is 5.45. The molecule has 0 unspecified atom stereocenters. The minimum Gasteiger partial charge on any atom is -0.257 e. The molecule has 25 heavy (non-hydrogen) atoms. The monoisotopic (exact) mass is 335 g/mol. The van der Waals surface area contributed by atoms with E-state index in [2.05, 4.69) is 72.4 Å². The second-order valence-electron chi connectivity index (χ2n) is 7.45. The molecule has 0 amide bonds. The number of hydrogen-bond donors (Lipinski definition) is 0. The van der Waals surface area contributed by atoms with E-state index in [1.807, 2.05) is 0 Å². The Morgan fingerprint density at radius 3 is 2.12 bits per heavy atom. The van der Waals surface area contributed by atoms with Gasteiger partial charge in [-0.2, -0.15) is 0 Å². The van der Waals surface area contributed by atoms with Crippen molar-refractivity contribution in [3.8, 4) is 0 Å². The molecule has 2 rings (SSSR count). The molecule has 2 aromatic rings. The van der Waals surface area contributed by atoms with Crippen LogP contribution >= 0.6 is 0 Å². The lowest BCUT2D eigenvalue weighted by molar-refractivity contribution is 0.781. The number of aromatic nitrogens is 1. The topological polar surface area (TPSA) is 12.9 Å². The van der Waals surface area contributed by atoms with Crippen LogP contribution in [0.25, 0.3) is 0 Å². The van der Waals surface area contributed by atoms with Gasteiger partial charge in [-0.3, -0.25) is 4.98 Å². The van der Waals surface area contributed by atoms with E-state index in [9.17, 15) is 0 Å². The Morgan fingerprint density at radius 2 is 1.60 bits per heavy atom. The fourth-order valence-corrected chi connectivity index (χ4v) is 3.32. The molecular weight excluding hydrogens is 302 g/mol. The van der Waals surface area contributed by atoms with Crippen molar-refractivity contribution in [3.63, 3.8) is 0 Å². The average Bonchev–Trinajstić information content (AvgIpc) is 2.61. The van der Waals surface area contributed by atoms with E-state index in [1.165, 1.54) is 39.1 Å². The number of hydrogen-bond acceptors (Lipinski definition) is 1. The maximum atomic E-state index is 4.97. The quantitative estimate of drug-likeness (QED) is 0.527. The Kier molecular flexibility index (Phi) is 6.58. The van der Waals surface area contributed by atoms with Crippen molar-refractivity contribution in [2.75, 3.05) is 0 Å². The molecular formula is C24H33N. The summed E-state index contributed by atoms with van der Waals surface area (Å²) in [6, 6.07) is 9.06. The third-order valence-electron chi connectivity index (χ3n) is 5.24. The molecule has 0 aliphatic rings. The summed E-state index contributed by atoms with van der Waals surface area (Å²) in [7, 11) is 0. The molecule has 134 valence electrons. The predicted molar refractivity (Wildman–Crippen MR) is 110 cm³/mol. The largest absolute Gasteiger partial charge is 0.257 e. The first kappa shape index (κ1) is 19.4. The summed E-state index contributed by atoms with van der Waals surface area (Å²) in [6.07, 6.45) is 4.04. The molecule has 1 nitrogen and oxygen atoms in total. The molecule has 0 fully saturated rings. The summed E-state index contributed by atoms with van der Waals surface area (Å²) in [6.45, 7) is 17.5. The Hall–Kier alpha value is -1.89. The molecule has 1 heteroatoms. The van der Waals surface area contributed by atoms with Crippen LogP contribution in [0.5, 0.6) is 0 Å². The van der Waals surface area contributed by atoms with Crippen molar-refractivity contribution in [1.82, 2.24) is 4.98 Å². The highest BCUT2D eigenvalue weighted by atomic mass is 14.7. The summed E-state index contributed by atoms with van der Waals surface area (Å²) < 4.78 is 0. The molecule has 1 heterocycles. The van der Waals surface area contributed by atoms with Crippen LogP contribution in [0.15, 0.2) is 36.4 Å². The third kappa shape index (κ3) is 4.60. The van der Waals surface area contributed by atoms with Crippen LogP contribution < -0.4 is 0 Å². The third-order valence-corrected chi connectivity index (χ3v) is 5.24.